The minimum absolute atomic E-state index is 0.132. The van der Waals surface area contributed by atoms with E-state index in [2.05, 4.69) is 20.9 Å². The van der Waals surface area contributed by atoms with E-state index in [9.17, 15) is 19.2 Å². The molecule has 0 radical (unpaired) electrons. The Labute approximate surface area is 198 Å². The summed E-state index contributed by atoms with van der Waals surface area (Å²) in [6.07, 6.45) is 0. The number of pyridine rings is 1. The first-order valence-electron chi connectivity index (χ1n) is 10.9. The Hall–Kier alpha value is -4.61. The molecule has 12 nitrogen and oxygen atoms in total. The number of benzene rings is 1. The van der Waals surface area contributed by atoms with Gasteiger partial charge in [0.2, 0.25) is 0 Å². The lowest BCUT2D eigenvalue weighted by molar-refractivity contribution is -0.125. The first kappa shape index (κ1) is 21.0. The second-order valence-corrected chi connectivity index (χ2v) is 8.54. The molecule has 2 saturated heterocycles. The molecule has 3 N–H and O–H groups in total. The van der Waals surface area contributed by atoms with Crippen molar-refractivity contribution >= 4 is 40.8 Å². The largest absolute Gasteiger partial charge is 0.497 e. The van der Waals surface area contributed by atoms with Gasteiger partial charge in [0.25, 0.3) is 11.8 Å². The summed E-state index contributed by atoms with van der Waals surface area (Å²) < 4.78 is 11.2. The van der Waals surface area contributed by atoms with Crippen LogP contribution in [0.15, 0.2) is 40.8 Å². The predicted octanol–water partition coefficient (Wildman–Crippen LogP) is 1.06. The topological polar surface area (TPSA) is 146 Å². The molecule has 3 aliphatic heterocycles. The molecule has 3 aliphatic rings. The fourth-order valence-corrected chi connectivity index (χ4v) is 4.70. The van der Waals surface area contributed by atoms with E-state index in [0.717, 1.165) is 5.56 Å². The van der Waals surface area contributed by atoms with Gasteiger partial charge in [-0.1, -0.05) is 6.07 Å². The molecule has 0 bridgehead atoms. The lowest BCUT2D eigenvalue weighted by atomic mass is 9.95. The zero-order valence-electron chi connectivity index (χ0n) is 18.6. The van der Waals surface area contributed by atoms with Crippen LogP contribution < -0.4 is 25.6 Å². The summed E-state index contributed by atoms with van der Waals surface area (Å²) in [6, 6.07) is 9.12. The molecule has 2 aromatic heterocycles. The molecule has 178 valence electrons. The van der Waals surface area contributed by atoms with Crippen LogP contribution in [0.5, 0.6) is 5.75 Å². The Morgan fingerprint density at radius 3 is 2.71 bits per heavy atom. The highest BCUT2D eigenvalue weighted by atomic mass is 16.5. The number of furan rings is 1. The standard InChI is InChI=1S/C23H20N6O6/c1-34-13-3-2-12-10-28(19(30)14(12)8-13)11-23(20(31)26-21(32)27-23)17-9-15-16(35-17)4-5-18(25-15)29-7-6-24-22(29)33/h2-5,8-9H,6-7,10-11H2,1H3,(H,24,33)(H2,26,27,31,32)/t23-/m0/s1. The molecule has 3 aromatic rings. The highest BCUT2D eigenvalue weighted by Crippen LogP contribution is 2.35. The SMILES string of the molecule is COc1ccc2c(c1)C(=O)N(C[C@@]1(c3cc4nc(N5CCNC5=O)ccc4o3)NC(=O)NC1=O)C2. The Bertz CT molecular complexity index is 1430. The van der Waals surface area contributed by atoms with Gasteiger partial charge in [-0.05, 0) is 29.8 Å². The summed E-state index contributed by atoms with van der Waals surface area (Å²) in [6.45, 7) is 1.10. The Morgan fingerprint density at radius 1 is 1.14 bits per heavy atom. The van der Waals surface area contributed by atoms with Gasteiger partial charge in [0.15, 0.2) is 11.1 Å². The predicted molar refractivity (Wildman–Crippen MR) is 121 cm³/mol. The van der Waals surface area contributed by atoms with Gasteiger partial charge in [-0.15, -0.1) is 0 Å². The lowest BCUT2D eigenvalue weighted by Gasteiger charge is -2.28. The van der Waals surface area contributed by atoms with Crippen LogP contribution in [0, 0.1) is 0 Å². The molecule has 6 rings (SSSR count). The van der Waals surface area contributed by atoms with E-state index in [4.69, 9.17) is 9.15 Å². The summed E-state index contributed by atoms with van der Waals surface area (Å²) in [4.78, 5) is 57.9. The second kappa shape index (κ2) is 7.45. The molecule has 1 atom stereocenters. The number of anilines is 1. The van der Waals surface area contributed by atoms with Crippen molar-refractivity contribution in [3.05, 3.63) is 53.3 Å². The molecule has 0 saturated carbocycles. The zero-order chi connectivity index (χ0) is 24.3. The minimum Gasteiger partial charge on any atom is -0.497 e. The van der Waals surface area contributed by atoms with Crippen LogP contribution in [0.2, 0.25) is 0 Å². The third-order valence-corrected chi connectivity index (χ3v) is 6.48. The number of carbonyl (C=O) groups excluding carboxylic acids is 4. The smallest absolute Gasteiger partial charge is 0.323 e. The number of methoxy groups -OCH3 is 1. The molecule has 12 heteroatoms. The molecule has 0 unspecified atom stereocenters. The van der Waals surface area contributed by atoms with Crippen LogP contribution in [-0.4, -0.2) is 60.5 Å². The Balaban J connectivity index is 1.37. The summed E-state index contributed by atoms with van der Waals surface area (Å²) in [5.41, 5.74) is 0.397. The molecule has 2 fully saturated rings. The van der Waals surface area contributed by atoms with Gasteiger partial charge in [-0.2, -0.15) is 0 Å². The van der Waals surface area contributed by atoms with Crippen LogP contribution >= 0.6 is 0 Å². The van der Waals surface area contributed by atoms with Crippen LogP contribution in [0.25, 0.3) is 11.1 Å². The van der Waals surface area contributed by atoms with E-state index >= 15 is 0 Å². The van der Waals surface area contributed by atoms with Gasteiger partial charge in [0.05, 0.1) is 13.7 Å². The van der Waals surface area contributed by atoms with E-state index in [-0.39, 0.29) is 30.8 Å². The molecule has 35 heavy (non-hydrogen) atoms. The number of rotatable bonds is 5. The summed E-state index contributed by atoms with van der Waals surface area (Å²) in [7, 11) is 1.52. The number of hydrogen-bond donors (Lipinski definition) is 3. The Morgan fingerprint density at radius 2 is 2.00 bits per heavy atom. The third-order valence-electron chi connectivity index (χ3n) is 6.48. The van der Waals surface area contributed by atoms with Crippen molar-refractivity contribution in [3.63, 3.8) is 0 Å². The molecule has 6 amide bonds. The third kappa shape index (κ3) is 3.17. The van der Waals surface area contributed by atoms with E-state index in [1.165, 1.54) is 16.9 Å². The molecule has 5 heterocycles. The number of nitrogens with zero attached hydrogens (tertiary/aromatic N) is 3. The van der Waals surface area contributed by atoms with E-state index in [1.54, 1.807) is 36.4 Å². The molecule has 0 spiro atoms. The second-order valence-electron chi connectivity index (χ2n) is 8.54. The number of carbonyl (C=O) groups is 4. The molecular formula is C23H20N6O6. The number of ether oxygens (including phenoxy) is 1. The fraction of sp³-hybridized carbons (Fsp3) is 0.261. The van der Waals surface area contributed by atoms with Crippen molar-refractivity contribution in [3.8, 4) is 5.75 Å². The number of amides is 6. The normalized spacial score (nSPS) is 21.4. The van der Waals surface area contributed by atoms with Crippen molar-refractivity contribution in [1.82, 2.24) is 25.8 Å². The van der Waals surface area contributed by atoms with Gasteiger partial charge in [-0.3, -0.25) is 19.8 Å². The summed E-state index contributed by atoms with van der Waals surface area (Å²) in [5, 5.41) is 7.63. The van der Waals surface area contributed by atoms with Crippen molar-refractivity contribution in [2.24, 2.45) is 0 Å². The number of hydrogen-bond acceptors (Lipinski definition) is 7. The monoisotopic (exact) mass is 476 g/mol. The minimum atomic E-state index is -1.65. The average Bonchev–Trinajstić information content (AvgIpc) is 3.60. The summed E-state index contributed by atoms with van der Waals surface area (Å²) in [5.74, 6) is 0.192. The van der Waals surface area contributed by atoms with Gasteiger partial charge in [-0.25, -0.2) is 14.6 Å². The number of urea groups is 2. The van der Waals surface area contributed by atoms with Crippen LogP contribution in [0.4, 0.5) is 15.4 Å². The van der Waals surface area contributed by atoms with E-state index in [0.29, 0.717) is 41.3 Å². The first-order valence-corrected chi connectivity index (χ1v) is 10.9. The van der Waals surface area contributed by atoms with Crippen molar-refractivity contribution in [2.75, 3.05) is 31.6 Å². The van der Waals surface area contributed by atoms with E-state index < -0.39 is 17.5 Å². The van der Waals surface area contributed by atoms with E-state index in [1.807, 2.05) is 0 Å². The van der Waals surface area contributed by atoms with Gasteiger partial charge in [0, 0.05) is 31.3 Å². The first-order chi connectivity index (χ1) is 16.9. The molecular weight excluding hydrogens is 456 g/mol. The lowest BCUT2D eigenvalue weighted by Crippen LogP contribution is -2.52. The Kier molecular flexibility index (Phi) is 4.46. The highest BCUT2D eigenvalue weighted by Gasteiger charge is 2.53. The summed E-state index contributed by atoms with van der Waals surface area (Å²) >= 11 is 0. The maximum Gasteiger partial charge on any atom is 0.323 e. The average molecular weight is 476 g/mol. The van der Waals surface area contributed by atoms with Gasteiger partial charge < -0.3 is 24.7 Å². The highest BCUT2D eigenvalue weighted by molar-refractivity contribution is 6.08. The quantitative estimate of drug-likeness (QED) is 0.467. The number of aromatic nitrogens is 1. The molecule has 0 aliphatic carbocycles. The maximum atomic E-state index is 13.1. The molecule has 1 aromatic carbocycles. The maximum absolute atomic E-state index is 13.1. The van der Waals surface area contributed by atoms with Crippen molar-refractivity contribution in [2.45, 2.75) is 12.1 Å². The fourth-order valence-electron chi connectivity index (χ4n) is 4.70. The number of fused-ring (bicyclic) bond motifs is 2. The zero-order valence-corrected chi connectivity index (χ0v) is 18.6. The van der Waals surface area contributed by atoms with Gasteiger partial charge >= 0.3 is 12.1 Å². The van der Waals surface area contributed by atoms with Gasteiger partial charge in [0.1, 0.15) is 22.8 Å². The van der Waals surface area contributed by atoms with Crippen molar-refractivity contribution in [1.29, 1.82) is 0 Å². The van der Waals surface area contributed by atoms with Crippen LogP contribution in [0.3, 0.4) is 0 Å². The van der Waals surface area contributed by atoms with Crippen LogP contribution in [0.1, 0.15) is 21.7 Å². The number of nitrogens with one attached hydrogen (secondary N) is 3. The van der Waals surface area contributed by atoms with Crippen LogP contribution in [-0.2, 0) is 16.9 Å². The number of imide groups is 1. The van der Waals surface area contributed by atoms with Crippen molar-refractivity contribution < 1.29 is 28.3 Å².